The molecule has 0 N–H and O–H groups in total. The van der Waals surface area contributed by atoms with Gasteiger partial charge >= 0.3 is 0 Å². The van der Waals surface area contributed by atoms with Gasteiger partial charge in [0.25, 0.3) is 0 Å². The van der Waals surface area contributed by atoms with Crippen LogP contribution in [0.25, 0.3) is 0 Å². The first-order valence-corrected chi connectivity index (χ1v) is 11.2. The first-order valence-electron chi connectivity index (χ1n) is 9.49. The Morgan fingerprint density at radius 3 is 2.41 bits per heavy atom. The lowest BCUT2D eigenvalue weighted by atomic mass is 9.66. The quantitative estimate of drug-likeness (QED) is 0.727. The summed E-state index contributed by atoms with van der Waals surface area (Å²) in [6, 6.07) is 0. The summed E-state index contributed by atoms with van der Waals surface area (Å²) < 4.78 is 32.4. The number of sulfone groups is 1. The van der Waals surface area contributed by atoms with Crippen molar-refractivity contribution in [1.29, 1.82) is 0 Å². The van der Waals surface area contributed by atoms with Crippen LogP contribution in [0, 0.1) is 17.8 Å². The van der Waals surface area contributed by atoms with Crippen molar-refractivity contribution >= 4 is 9.84 Å². The highest BCUT2D eigenvalue weighted by molar-refractivity contribution is 7.92. The standard InChI is InChI=1S/C18H30O3S/c1-2-13-12-22(19,20)16-11-7-6-10-15(16)18(17(13)21-18)14-8-4-3-5-9-14/h13-17H,2-12H2,1H3/t13?,15?,16?,17-,18+/m0/s1. The highest BCUT2D eigenvalue weighted by Gasteiger charge is 2.71. The van der Waals surface area contributed by atoms with Crippen molar-refractivity contribution in [2.24, 2.45) is 17.8 Å². The van der Waals surface area contributed by atoms with Crippen molar-refractivity contribution in [3.63, 3.8) is 0 Å². The van der Waals surface area contributed by atoms with E-state index in [0.29, 0.717) is 11.7 Å². The predicted molar refractivity (Wildman–Crippen MR) is 87.5 cm³/mol. The van der Waals surface area contributed by atoms with Gasteiger partial charge in [-0.25, -0.2) is 8.42 Å². The summed E-state index contributed by atoms with van der Waals surface area (Å²) >= 11 is 0. The van der Waals surface area contributed by atoms with Gasteiger partial charge in [0.2, 0.25) is 0 Å². The first-order chi connectivity index (χ1) is 10.6. The second-order valence-corrected chi connectivity index (χ2v) is 10.4. The Morgan fingerprint density at radius 2 is 1.68 bits per heavy atom. The first kappa shape index (κ1) is 15.4. The molecule has 3 unspecified atom stereocenters. The average Bonchev–Trinajstić information content (AvgIpc) is 3.30. The van der Waals surface area contributed by atoms with Crippen LogP contribution >= 0.6 is 0 Å². The zero-order chi connectivity index (χ0) is 15.4. The average molecular weight is 327 g/mol. The van der Waals surface area contributed by atoms with Gasteiger partial charge in [-0.1, -0.05) is 39.0 Å². The molecule has 2 heterocycles. The van der Waals surface area contributed by atoms with E-state index >= 15 is 0 Å². The van der Waals surface area contributed by atoms with E-state index in [2.05, 4.69) is 6.92 Å². The van der Waals surface area contributed by atoms with E-state index in [1.54, 1.807) is 0 Å². The molecule has 2 aliphatic heterocycles. The van der Waals surface area contributed by atoms with Crippen LogP contribution in [0.5, 0.6) is 0 Å². The summed E-state index contributed by atoms with van der Waals surface area (Å²) in [5.41, 5.74) is -0.0598. The van der Waals surface area contributed by atoms with Gasteiger partial charge in [0, 0.05) is 11.8 Å². The van der Waals surface area contributed by atoms with E-state index in [1.165, 1.54) is 38.5 Å². The van der Waals surface area contributed by atoms with E-state index in [4.69, 9.17) is 4.74 Å². The Bertz CT molecular complexity index is 522. The molecule has 2 aliphatic carbocycles. The van der Waals surface area contributed by atoms with E-state index in [9.17, 15) is 8.42 Å². The van der Waals surface area contributed by atoms with Crippen LogP contribution in [-0.4, -0.2) is 31.1 Å². The van der Waals surface area contributed by atoms with Crippen molar-refractivity contribution < 1.29 is 13.2 Å². The normalized spacial score (nSPS) is 48.0. The van der Waals surface area contributed by atoms with Gasteiger partial charge in [0.1, 0.15) is 5.60 Å². The molecule has 0 radical (unpaired) electrons. The molecule has 4 fully saturated rings. The monoisotopic (exact) mass is 326 g/mol. The Morgan fingerprint density at radius 1 is 1.00 bits per heavy atom. The summed E-state index contributed by atoms with van der Waals surface area (Å²) in [6.07, 6.45) is 11.9. The lowest BCUT2D eigenvalue weighted by Gasteiger charge is -2.39. The molecule has 3 nitrogen and oxygen atoms in total. The van der Waals surface area contributed by atoms with Crippen LogP contribution < -0.4 is 0 Å². The molecular weight excluding hydrogens is 296 g/mol. The maximum Gasteiger partial charge on any atom is 0.153 e. The molecule has 0 amide bonds. The van der Waals surface area contributed by atoms with E-state index in [1.807, 2.05) is 0 Å². The maximum absolute atomic E-state index is 12.9. The van der Waals surface area contributed by atoms with Gasteiger partial charge in [-0.2, -0.15) is 0 Å². The van der Waals surface area contributed by atoms with Gasteiger partial charge in [0.15, 0.2) is 9.84 Å². The van der Waals surface area contributed by atoms with Crippen molar-refractivity contribution in [3.8, 4) is 0 Å². The highest BCUT2D eigenvalue weighted by Crippen LogP contribution is 2.62. The van der Waals surface area contributed by atoms with Crippen LogP contribution in [0.3, 0.4) is 0 Å². The highest BCUT2D eigenvalue weighted by atomic mass is 32.2. The zero-order valence-electron chi connectivity index (χ0n) is 13.8. The summed E-state index contributed by atoms with van der Waals surface area (Å²) in [7, 11) is -2.94. The van der Waals surface area contributed by atoms with Crippen LogP contribution in [0.4, 0.5) is 0 Å². The van der Waals surface area contributed by atoms with Crippen LogP contribution in [0.15, 0.2) is 0 Å². The summed E-state index contributed by atoms with van der Waals surface area (Å²) in [4.78, 5) is 0. The number of hydrogen-bond donors (Lipinski definition) is 0. The van der Waals surface area contributed by atoms with Gasteiger partial charge in [-0.3, -0.25) is 0 Å². The van der Waals surface area contributed by atoms with E-state index in [0.717, 1.165) is 25.7 Å². The SMILES string of the molecule is CCC1CS(=O)(=O)C2CCCCC2[C@@]2(C3CCCCC3)O[C@@H]12. The van der Waals surface area contributed by atoms with Gasteiger partial charge in [-0.05, 0) is 38.0 Å². The van der Waals surface area contributed by atoms with Crippen molar-refractivity contribution in [2.45, 2.75) is 88.1 Å². The molecule has 0 aromatic heterocycles. The summed E-state index contributed by atoms with van der Waals surface area (Å²) in [6.45, 7) is 2.14. The zero-order valence-corrected chi connectivity index (χ0v) is 14.6. The third-order valence-electron chi connectivity index (χ3n) is 7.10. The third kappa shape index (κ3) is 2.20. The van der Waals surface area contributed by atoms with Crippen LogP contribution in [0.2, 0.25) is 0 Å². The maximum atomic E-state index is 12.9. The number of rotatable bonds is 2. The van der Waals surface area contributed by atoms with Crippen LogP contribution in [-0.2, 0) is 14.6 Å². The van der Waals surface area contributed by atoms with Gasteiger partial charge in [-0.15, -0.1) is 0 Å². The van der Waals surface area contributed by atoms with Crippen molar-refractivity contribution in [3.05, 3.63) is 0 Å². The molecule has 0 spiro atoms. The molecule has 2 saturated carbocycles. The Balaban J connectivity index is 1.73. The van der Waals surface area contributed by atoms with Gasteiger partial charge < -0.3 is 4.74 Å². The van der Waals surface area contributed by atoms with E-state index < -0.39 is 9.84 Å². The van der Waals surface area contributed by atoms with E-state index in [-0.39, 0.29) is 28.8 Å². The second-order valence-electron chi connectivity index (χ2n) is 8.15. The number of epoxide rings is 1. The number of ether oxygens (including phenoxy) is 1. The molecule has 4 heteroatoms. The molecule has 0 bridgehead atoms. The summed E-state index contributed by atoms with van der Waals surface area (Å²) in [5, 5.41) is -0.107. The predicted octanol–water partition coefficient (Wildman–Crippen LogP) is 3.72. The topological polar surface area (TPSA) is 46.7 Å². The van der Waals surface area contributed by atoms with Crippen molar-refractivity contribution in [1.82, 2.24) is 0 Å². The Kier molecular flexibility index (Phi) is 3.84. The minimum absolute atomic E-state index is 0.0598. The molecular formula is C18H30O3S. The number of hydrogen-bond acceptors (Lipinski definition) is 3. The Hall–Kier alpha value is -0.0900. The minimum Gasteiger partial charge on any atom is -0.365 e. The summed E-state index contributed by atoms with van der Waals surface area (Å²) in [5.74, 6) is 1.52. The van der Waals surface area contributed by atoms with Crippen molar-refractivity contribution in [2.75, 3.05) is 5.75 Å². The Labute approximate surface area is 135 Å². The molecule has 0 aromatic rings. The molecule has 22 heavy (non-hydrogen) atoms. The molecule has 4 rings (SSSR count). The fourth-order valence-corrected chi connectivity index (χ4v) is 8.65. The smallest absolute Gasteiger partial charge is 0.153 e. The molecule has 2 saturated heterocycles. The fraction of sp³-hybridized carbons (Fsp3) is 1.00. The lowest BCUT2D eigenvalue weighted by Crippen LogP contribution is -2.45. The minimum atomic E-state index is -2.94. The third-order valence-corrected chi connectivity index (χ3v) is 9.48. The van der Waals surface area contributed by atoms with Gasteiger partial charge in [0.05, 0.1) is 17.1 Å². The molecule has 5 atom stereocenters. The number of fused-ring (bicyclic) bond motifs is 3. The molecule has 126 valence electrons. The molecule has 4 aliphatic rings. The van der Waals surface area contributed by atoms with Crippen LogP contribution in [0.1, 0.15) is 71.1 Å². The largest absolute Gasteiger partial charge is 0.365 e. The lowest BCUT2D eigenvalue weighted by molar-refractivity contribution is 0.0922. The molecule has 0 aromatic carbocycles. The fourth-order valence-electron chi connectivity index (χ4n) is 6.02. The second kappa shape index (κ2) is 5.47.